The van der Waals surface area contributed by atoms with E-state index >= 15 is 0 Å². The Morgan fingerprint density at radius 3 is 2.90 bits per heavy atom. The van der Waals surface area contributed by atoms with E-state index in [1.807, 2.05) is 4.90 Å². The highest BCUT2D eigenvalue weighted by atomic mass is 35.5. The first-order valence-electron chi connectivity index (χ1n) is 6.61. The molecule has 1 fully saturated rings. The molecule has 6 heteroatoms. The lowest BCUT2D eigenvalue weighted by atomic mass is 10.0. The Morgan fingerprint density at radius 2 is 2.30 bits per heavy atom. The van der Waals surface area contributed by atoms with Crippen molar-refractivity contribution in [1.29, 1.82) is 0 Å². The van der Waals surface area contributed by atoms with Crippen LogP contribution in [0.4, 0.5) is 5.69 Å². The molecule has 0 spiro atoms. The van der Waals surface area contributed by atoms with Gasteiger partial charge in [0.25, 0.3) is 0 Å². The average molecular weight is 317 g/mol. The molecule has 0 aliphatic carbocycles. The predicted octanol–water partition coefficient (Wildman–Crippen LogP) is 2.63. The predicted molar refractivity (Wildman–Crippen MR) is 81.3 cm³/mol. The molecule has 2 rings (SSSR count). The van der Waals surface area contributed by atoms with Crippen molar-refractivity contribution < 1.29 is 9.90 Å². The maximum atomic E-state index is 12.0. The number of halogens is 2. The highest BCUT2D eigenvalue weighted by Crippen LogP contribution is 2.25. The van der Waals surface area contributed by atoms with Crippen molar-refractivity contribution in [3.63, 3.8) is 0 Å². The minimum atomic E-state index is -0.325. The number of nitrogens with one attached hydrogen (secondary N) is 1. The molecule has 1 heterocycles. The minimum Gasteiger partial charge on any atom is -0.393 e. The zero-order valence-corrected chi connectivity index (χ0v) is 12.8. The Morgan fingerprint density at radius 1 is 1.55 bits per heavy atom. The van der Waals surface area contributed by atoms with Gasteiger partial charge >= 0.3 is 0 Å². The summed E-state index contributed by atoms with van der Waals surface area (Å²) >= 11 is 11.8. The summed E-state index contributed by atoms with van der Waals surface area (Å²) < 4.78 is 0. The van der Waals surface area contributed by atoms with E-state index in [0.717, 1.165) is 19.5 Å². The van der Waals surface area contributed by atoms with Gasteiger partial charge < -0.3 is 10.4 Å². The number of likely N-dealkylation sites (tertiary alicyclic amines) is 1. The number of rotatable bonds is 4. The van der Waals surface area contributed by atoms with E-state index in [9.17, 15) is 9.90 Å². The Labute approximate surface area is 128 Å². The first kappa shape index (κ1) is 15.6. The molecule has 1 aromatic rings. The third-order valence-corrected chi connectivity index (χ3v) is 4.11. The second kappa shape index (κ2) is 6.76. The van der Waals surface area contributed by atoms with Crippen molar-refractivity contribution in [2.75, 3.05) is 25.0 Å². The van der Waals surface area contributed by atoms with Crippen molar-refractivity contribution in [1.82, 2.24) is 4.90 Å². The molecule has 1 saturated heterocycles. The summed E-state index contributed by atoms with van der Waals surface area (Å²) in [5.74, 6) is 0.141. The van der Waals surface area contributed by atoms with E-state index in [1.165, 1.54) is 0 Å². The molecular formula is C14H18Cl2N2O2. The van der Waals surface area contributed by atoms with Crippen LogP contribution in [0.2, 0.25) is 10.0 Å². The van der Waals surface area contributed by atoms with Crippen molar-refractivity contribution >= 4 is 34.8 Å². The third-order valence-electron chi connectivity index (χ3n) is 3.56. The van der Waals surface area contributed by atoms with Crippen LogP contribution in [0.15, 0.2) is 18.2 Å². The molecule has 1 aliphatic heterocycles. The van der Waals surface area contributed by atoms with E-state index in [4.69, 9.17) is 23.2 Å². The van der Waals surface area contributed by atoms with Gasteiger partial charge in [0.15, 0.2) is 0 Å². The number of amides is 1. The van der Waals surface area contributed by atoms with Gasteiger partial charge in [-0.15, -0.1) is 0 Å². The van der Waals surface area contributed by atoms with Gasteiger partial charge in [0.2, 0.25) is 5.91 Å². The average Bonchev–Trinajstić information content (AvgIpc) is 2.81. The quantitative estimate of drug-likeness (QED) is 0.897. The standard InChI is InChI=1S/C14H18Cl2N2O2/c1-9(19)10-4-5-18(7-10)8-14(20)17-13-3-2-11(15)6-12(13)16/h2-3,6,9-10,19H,4-5,7-8H2,1H3,(H,17,20). The van der Waals surface area contributed by atoms with Crippen LogP contribution in [-0.4, -0.2) is 41.7 Å². The fourth-order valence-electron chi connectivity index (χ4n) is 2.38. The lowest BCUT2D eigenvalue weighted by molar-refractivity contribution is -0.117. The monoisotopic (exact) mass is 316 g/mol. The molecule has 0 bridgehead atoms. The lowest BCUT2D eigenvalue weighted by Crippen LogP contribution is -2.32. The lowest BCUT2D eigenvalue weighted by Gasteiger charge is -2.17. The molecule has 4 nitrogen and oxygen atoms in total. The summed E-state index contributed by atoms with van der Waals surface area (Å²) in [6, 6.07) is 4.96. The molecule has 0 saturated carbocycles. The summed E-state index contributed by atoms with van der Waals surface area (Å²) in [5.41, 5.74) is 0.562. The summed E-state index contributed by atoms with van der Waals surface area (Å²) in [6.07, 6.45) is 0.598. The number of carbonyl (C=O) groups is 1. The Hall–Kier alpha value is -0.810. The molecule has 2 atom stereocenters. The summed E-state index contributed by atoms with van der Waals surface area (Å²) in [4.78, 5) is 14.0. The van der Waals surface area contributed by atoms with Gasteiger partial charge in [-0.25, -0.2) is 0 Å². The van der Waals surface area contributed by atoms with E-state index in [-0.39, 0.29) is 17.9 Å². The second-order valence-electron chi connectivity index (χ2n) is 5.20. The molecule has 0 aromatic heterocycles. The van der Waals surface area contributed by atoms with Crippen LogP contribution >= 0.6 is 23.2 Å². The number of aliphatic hydroxyl groups excluding tert-OH is 1. The molecule has 0 radical (unpaired) electrons. The number of benzene rings is 1. The van der Waals surface area contributed by atoms with Crippen LogP contribution in [0.1, 0.15) is 13.3 Å². The van der Waals surface area contributed by atoms with Crippen molar-refractivity contribution in [2.24, 2.45) is 5.92 Å². The maximum Gasteiger partial charge on any atom is 0.238 e. The smallest absolute Gasteiger partial charge is 0.238 e. The normalized spacial score (nSPS) is 20.9. The largest absolute Gasteiger partial charge is 0.393 e. The highest BCUT2D eigenvalue weighted by Gasteiger charge is 2.27. The van der Waals surface area contributed by atoms with E-state index in [0.29, 0.717) is 22.3 Å². The van der Waals surface area contributed by atoms with Gasteiger partial charge in [0.1, 0.15) is 0 Å². The number of nitrogens with zero attached hydrogens (tertiary/aromatic N) is 1. The van der Waals surface area contributed by atoms with Crippen molar-refractivity contribution in [2.45, 2.75) is 19.4 Å². The van der Waals surface area contributed by atoms with Gasteiger partial charge in [-0.2, -0.15) is 0 Å². The number of hydrogen-bond acceptors (Lipinski definition) is 3. The number of hydrogen-bond donors (Lipinski definition) is 2. The molecular weight excluding hydrogens is 299 g/mol. The fraction of sp³-hybridized carbons (Fsp3) is 0.500. The van der Waals surface area contributed by atoms with Crippen LogP contribution in [-0.2, 0) is 4.79 Å². The Kier molecular flexibility index (Phi) is 5.27. The molecule has 1 aliphatic rings. The zero-order valence-electron chi connectivity index (χ0n) is 11.3. The van der Waals surface area contributed by atoms with Gasteiger partial charge in [-0.3, -0.25) is 9.69 Å². The van der Waals surface area contributed by atoms with Crippen LogP contribution in [0.25, 0.3) is 0 Å². The number of anilines is 1. The second-order valence-corrected chi connectivity index (χ2v) is 6.04. The SMILES string of the molecule is CC(O)C1CCN(CC(=O)Nc2ccc(Cl)cc2Cl)C1. The van der Waals surface area contributed by atoms with Gasteiger partial charge in [-0.1, -0.05) is 23.2 Å². The van der Waals surface area contributed by atoms with E-state index in [2.05, 4.69) is 5.32 Å². The Balaban J connectivity index is 1.87. The number of aliphatic hydroxyl groups is 1. The third kappa shape index (κ3) is 4.09. The number of carbonyl (C=O) groups excluding carboxylic acids is 1. The first-order valence-corrected chi connectivity index (χ1v) is 7.36. The van der Waals surface area contributed by atoms with Crippen LogP contribution in [0.3, 0.4) is 0 Å². The van der Waals surface area contributed by atoms with Crippen molar-refractivity contribution in [3.05, 3.63) is 28.2 Å². The van der Waals surface area contributed by atoms with Crippen LogP contribution in [0, 0.1) is 5.92 Å². The molecule has 2 unspecified atom stereocenters. The first-order chi connectivity index (χ1) is 9.45. The summed E-state index contributed by atoms with van der Waals surface area (Å²) in [7, 11) is 0. The van der Waals surface area contributed by atoms with Crippen LogP contribution in [0.5, 0.6) is 0 Å². The molecule has 20 heavy (non-hydrogen) atoms. The van der Waals surface area contributed by atoms with Gasteiger partial charge in [-0.05, 0) is 44.0 Å². The molecule has 2 N–H and O–H groups in total. The van der Waals surface area contributed by atoms with Gasteiger partial charge in [0, 0.05) is 11.6 Å². The maximum absolute atomic E-state index is 12.0. The van der Waals surface area contributed by atoms with E-state index in [1.54, 1.807) is 25.1 Å². The van der Waals surface area contributed by atoms with E-state index < -0.39 is 0 Å². The molecule has 1 amide bonds. The minimum absolute atomic E-state index is 0.111. The Bertz CT molecular complexity index is 494. The zero-order chi connectivity index (χ0) is 14.7. The summed E-state index contributed by atoms with van der Waals surface area (Å²) in [5, 5.41) is 13.3. The highest BCUT2D eigenvalue weighted by molar-refractivity contribution is 6.36. The topological polar surface area (TPSA) is 52.6 Å². The molecule has 1 aromatic carbocycles. The van der Waals surface area contributed by atoms with Crippen LogP contribution < -0.4 is 5.32 Å². The molecule has 110 valence electrons. The summed E-state index contributed by atoms with van der Waals surface area (Å²) in [6.45, 7) is 3.68. The fourth-order valence-corrected chi connectivity index (χ4v) is 2.84. The van der Waals surface area contributed by atoms with Crippen molar-refractivity contribution in [3.8, 4) is 0 Å². The van der Waals surface area contributed by atoms with Gasteiger partial charge in [0.05, 0.1) is 23.4 Å².